The highest BCUT2D eigenvalue weighted by atomic mass is 32.1. The second-order valence-corrected chi connectivity index (χ2v) is 2.34. The fourth-order valence-electron chi connectivity index (χ4n) is 0.206. The van der Waals surface area contributed by atoms with Crippen LogP contribution in [0.15, 0.2) is 0 Å². The predicted octanol–water partition coefficient (Wildman–Crippen LogP) is -0.250. The molecule has 0 saturated heterocycles. The normalized spacial score (nSPS) is 17.4. The molecule has 0 aromatic heterocycles. The highest BCUT2D eigenvalue weighted by molar-refractivity contribution is 7.81. The molecule has 0 aliphatic rings. The number of hydrogen-bond donors (Lipinski definition) is 3. The standard InChI is InChI=1S/C4H8O3S/c1-2(8)3(5)4(6)7/h2-3,5,8H,1H3,(H,6,7)/t2-,3+/m0/s1. The van der Waals surface area contributed by atoms with Gasteiger partial charge in [0.1, 0.15) is 0 Å². The van der Waals surface area contributed by atoms with Gasteiger partial charge >= 0.3 is 5.97 Å². The lowest BCUT2D eigenvalue weighted by molar-refractivity contribution is -0.146. The molecule has 4 heteroatoms. The minimum absolute atomic E-state index is 0.507. The molecule has 0 aromatic carbocycles. The van der Waals surface area contributed by atoms with Crippen molar-refractivity contribution in [3.63, 3.8) is 0 Å². The number of aliphatic carboxylic acids is 1. The van der Waals surface area contributed by atoms with Gasteiger partial charge in [-0.15, -0.1) is 0 Å². The maximum atomic E-state index is 9.84. The third-order valence-corrected chi connectivity index (χ3v) is 0.992. The van der Waals surface area contributed by atoms with E-state index in [0.717, 1.165) is 0 Å². The fourth-order valence-corrected chi connectivity index (χ4v) is 0.334. The first-order chi connectivity index (χ1) is 3.55. The van der Waals surface area contributed by atoms with E-state index in [2.05, 4.69) is 12.6 Å². The summed E-state index contributed by atoms with van der Waals surface area (Å²) in [6, 6.07) is 0. The Bertz CT molecular complexity index is 91.3. The Morgan fingerprint density at radius 2 is 2.12 bits per heavy atom. The summed E-state index contributed by atoms with van der Waals surface area (Å²) < 4.78 is 0. The number of hydrogen-bond acceptors (Lipinski definition) is 3. The summed E-state index contributed by atoms with van der Waals surface area (Å²) in [5.41, 5.74) is 0. The van der Waals surface area contributed by atoms with Crippen molar-refractivity contribution in [1.29, 1.82) is 0 Å². The molecule has 0 fully saturated rings. The second-order valence-electron chi connectivity index (χ2n) is 1.52. The van der Waals surface area contributed by atoms with Crippen molar-refractivity contribution in [2.45, 2.75) is 18.3 Å². The molecule has 0 spiro atoms. The van der Waals surface area contributed by atoms with Gasteiger partial charge in [0, 0.05) is 5.25 Å². The molecule has 0 aromatic rings. The molecule has 0 heterocycles. The average Bonchev–Trinajstić information content (AvgIpc) is 1.64. The molecule has 2 N–H and O–H groups in total. The number of thiol groups is 1. The third-order valence-electron chi connectivity index (χ3n) is 0.710. The molecular formula is C4H8O3S. The smallest absolute Gasteiger partial charge is 0.333 e. The molecule has 48 valence electrons. The van der Waals surface area contributed by atoms with Gasteiger partial charge in [-0.25, -0.2) is 4.79 Å². The van der Waals surface area contributed by atoms with Crippen molar-refractivity contribution in [1.82, 2.24) is 0 Å². The topological polar surface area (TPSA) is 57.5 Å². The Labute approximate surface area is 52.7 Å². The first kappa shape index (κ1) is 7.78. The van der Waals surface area contributed by atoms with E-state index in [-0.39, 0.29) is 0 Å². The first-order valence-electron chi connectivity index (χ1n) is 2.14. The van der Waals surface area contributed by atoms with Crippen LogP contribution in [0, 0.1) is 0 Å². The van der Waals surface area contributed by atoms with Gasteiger partial charge in [-0.3, -0.25) is 0 Å². The second kappa shape index (κ2) is 2.94. The maximum Gasteiger partial charge on any atom is 0.333 e. The Hall–Kier alpha value is -0.220. The Morgan fingerprint density at radius 3 is 2.12 bits per heavy atom. The monoisotopic (exact) mass is 136 g/mol. The van der Waals surface area contributed by atoms with E-state index >= 15 is 0 Å². The quantitative estimate of drug-likeness (QED) is 0.459. The lowest BCUT2D eigenvalue weighted by atomic mass is 10.3. The van der Waals surface area contributed by atoms with Crippen LogP contribution in [0.2, 0.25) is 0 Å². The zero-order valence-corrected chi connectivity index (χ0v) is 5.30. The van der Waals surface area contributed by atoms with E-state index in [1.807, 2.05) is 0 Å². The van der Waals surface area contributed by atoms with Gasteiger partial charge in [-0.1, -0.05) is 6.92 Å². The van der Waals surface area contributed by atoms with E-state index < -0.39 is 17.3 Å². The molecule has 0 rings (SSSR count). The summed E-state index contributed by atoms with van der Waals surface area (Å²) in [5.74, 6) is -1.23. The highest BCUT2D eigenvalue weighted by Gasteiger charge is 2.17. The van der Waals surface area contributed by atoms with Gasteiger partial charge in [-0.05, 0) is 0 Å². The van der Waals surface area contributed by atoms with Crippen molar-refractivity contribution in [3.05, 3.63) is 0 Å². The molecule has 0 amide bonds. The highest BCUT2D eigenvalue weighted by Crippen LogP contribution is 1.99. The lowest BCUT2D eigenvalue weighted by Crippen LogP contribution is -2.27. The minimum Gasteiger partial charge on any atom is -0.479 e. The molecule has 0 aliphatic heterocycles. The van der Waals surface area contributed by atoms with Crippen LogP contribution in [0.4, 0.5) is 0 Å². The van der Waals surface area contributed by atoms with E-state index in [1.54, 1.807) is 0 Å². The van der Waals surface area contributed by atoms with Gasteiger partial charge in [0.2, 0.25) is 0 Å². The number of carbonyl (C=O) groups is 1. The van der Waals surface area contributed by atoms with Crippen LogP contribution in [0.3, 0.4) is 0 Å². The number of aliphatic hydroxyl groups is 1. The summed E-state index contributed by atoms with van der Waals surface area (Å²) in [6.07, 6.45) is -1.35. The molecule has 3 nitrogen and oxygen atoms in total. The van der Waals surface area contributed by atoms with Gasteiger partial charge in [0.25, 0.3) is 0 Å². The van der Waals surface area contributed by atoms with Crippen molar-refractivity contribution >= 4 is 18.6 Å². The molecule has 0 bridgehead atoms. The van der Waals surface area contributed by atoms with Crippen molar-refractivity contribution < 1.29 is 15.0 Å². The van der Waals surface area contributed by atoms with Gasteiger partial charge in [0.05, 0.1) is 0 Å². The van der Waals surface area contributed by atoms with Crippen LogP contribution in [0.1, 0.15) is 6.92 Å². The zero-order valence-electron chi connectivity index (χ0n) is 4.40. The van der Waals surface area contributed by atoms with E-state index in [0.29, 0.717) is 0 Å². The van der Waals surface area contributed by atoms with Crippen LogP contribution in [0.25, 0.3) is 0 Å². The zero-order chi connectivity index (χ0) is 6.73. The van der Waals surface area contributed by atoms with E-state index in [4.69, 9.17) is 10.2 Å². The lowest BCUT2D eigenvalue weighted by Gasteiger charge is -2.05. The van der Waals surface area contributed by atoms with Crippen LogP contribution >= 0.6 is 12.6 Å². The first-order valence-corrected chi connectivity index (χ1v) is 2.66. The molecular weight excluding hydrogens is 128 g/mol. The maximum absolute atomic E-state index is 9.84. The van der Waals surface area contributed by atoms with E-state index in [9.17, 15) is 4.79 Å². The summed E-state index contributed by atoms with van der Waals surface area (Å²) in [5, 5.41) is 16.1. The fraction of sp³-hybridized carbons (Fsp3) is 0.750. The van der Waals surface area contributed by atoms with Gasteiger partial charge < -0.3 is 10.2 Å². The number of aliphatic hydroxyl groups excluding tert-OH is 1. The Morgan fingerprint density at radius 1 is 1.75 bits per heavy atom. The van der Waals surface area contributed by atoms with Crippen LogP contribution in [-0.4, -0.2) is 27.5 Å². The molecule has 0 unspecified atom stereocenters. The summed E-state index contributed by atoms with van der Waals surface area (Å²) in [4.78, 5) is 9.84. The van der Waals surface area contributed by atoms with Crippen LogP contribution in [-0.2, 0) is 4.79 Å². The molecule has 0 aliphatic carbocycles. The Balaban J connectivity index is 3.64. The van der Waals surface area contributed by atoms with Crippen LogP contribution < -0.4 is 0 Å². The minimum atomic E-state index is -1.35. The van der Waals surface area contributed by atoms with Gasteiger partial charge in [0.15, 0.2) is 6.10 Å². The number of carboxylic acid groups (broad SMARTS) is 1. The summed E-state index contributed by atoms with van der Waals surface area (Å²) in [7, 11) is 0. The Kier molecular flexibility index (Phi) is 2.86. The molecule has 2 atom stereocenters. The van der Waals surface area contributed by atoms with Crippen molar-refractivity contribution in [2.24, 2.45) is 0 Å². The molecule has 8 heavy (non-hydrogen) atoms. The van der Waals surface area contributed by atoms with E-state index in [1.165, 1.54) is 6.92 Å². The molecule has 0 radical (unpaired) electrons. The summed E-state index contributed by atoms with van der Waals surface area (Å²) >= 11 is 3.70. The number of carboxylic acids is 1. The van der Waals surface area contributed by atoms with Crippen molar-refractivity contribution in [3.8, 4) is 0 Å². The number of rotatable bonds is 2. The van der Waals surface area contributed by atoms with Crippen LogP contribution in [0.5, 0.6) is 0 Å². The summed E-state index contributed by atoms with van der Waals surface area (Å²) in [6.45, 7) is 1.52. The predicted molar refractivity (Wildman–Crippen MR) is 32.1 cm³/mol. The SMILES string of the molecule is C[C@H](S)[C@@H](O)C(=O)O. The molecule has 0 saturated carbocycles. The van der Waals surface area contributed by atoms with Crippen molar-refractivity contribution in [2.75, 3.05) is 0 Å². The third kappa shape index (κ3) is 2.18. The largest absolute Gasteiger partial charge is 0.479 e. The average molecular weight is 136 g/mol. The van der Waals surface area contributed by atoms with Gasteiger partial charge in [-0.2, -0.15) is 12.6 Å².